The van der Waals surface area contributed by atoms with Crippen molar-refractivity contribution in [3.8, 4) is 0 Å². The van der Waals surface area contributed by atoms with Gasteiger partial charge < -0.3 is 5.73 Å². The van der Waals surface area contributed by atoms with Crippen LogP contribution in [0.3, 0.4) is 0 Å². The van der Waals surface area contributed by atoms with Crippen LogP contribution in [0.1, 0.15) is 0 Å². The fourth-order valence-electron chi connectivity index (χ4n) is 1.29. The van der Waals surface area contributed by atoms with Gasteiger partial charge in [-0.2, -0.15) is 5.10 Å². The van der Waals surface area contributed by atoms with E-state index in [1.54, 1.807) is 41.0 Å². The molecule has 1 heterocycles. The topological polar surface area (TPSA) is 43.8 Å². The van der Waals surface area contributed by atoms with Gasteiger partial charge in [-0.15, -0.1) is 11.8 Å². The number of benzene rings is 1. The van der Waals surface area contributed by atoms with E-state index < -0.39 is 0 Å². The molecule has 0 amide bonds. The lowest BCUT2D eigenvalue weighted by molar-refractivity contribution is 0.626. The molecular formula is C11H12FN3S. The van der Waals surface area contributed by atoms with E-state index in [1.807, 2.05) is 0 Å². The number of anilines is 1. The number of hydrogen-bond acceptors (Lipinski definition) is 3. The molecule has 0 unspecified atom stereocenters. The molecule has 0 radical (unpaired) electrons. The van der Waals surface area contributed by atoms with Crippen molar-refractivity contribution in [1.29, 1.82) is 0 Å². The minimum absolute atomic E-state index is 0.204. The third kappa shape index (κ3) is 3.00. The summed E-state index contributed by atoms with van der Waals surface area (Å²) in [6.45, 7) is 0.791. The van der Waals surface area contributed by atoms with Gasteiger partial charge in [-0.1, -0.05) is 0 Å². The normalized spacial score (nSPS) is 10.6. The smallest absolute Gasteiger partial charge is 0.123 e. The molecule has 1 aromatic heterocycles. The summed E-state index contributed by atoms with van der Waals surface area (Å²) in [5, 5.41) is 4.08. The van der Waals surface area contributed by atoms with Gasteiger partial charge in [-0.05, 0) is 24.3 Å². The Kier molecular flexibility index (Phi) is 3.46. The Morgan fingerprint density at radius 3 is 2.69 bits per heavy atom. The fraction of sp³-hybridized carbons (Fsp3) is 0.182. The molecule has 0 atom stereocenters. The highest BCUT2D eigenvalue weighted by atomic mass is 32.2. The number of halogens is 1. The average Bonchev–Trinajstić information content (AvgIpc) is 2.67. The van der Waals surface area contributed by atoms with E-state index >= 15 is 0 Å². The molecule has 0 aliphatic carbocycles. The molecule has 0 fully saturated rings. The molecule has 0 saturated carbocycles. The SMILES string of the molecule is Nc1cnn(CCSc2ccc(F)cc2)c1. The zero-order chi connectivity index (χ0) is 11.4. The molecule has 0 saturated heterocycles. The van der Waals surface area contributed by atoms with E-state index in [2.05, 4.69) is 5.10 Å². The van der Waals surface area contributed by atoms with E-state index in [4.69, 9.17) is 5.73 Å². The average molecular weight is 237 g/mol. The first-order valence-electron chi connectivity index (χ1n) is 4.90. The van der Waals surface area contributed by atoms with Crippen LogP contribution in [0.15, 0.2) is 41.6 Å². The molecule has 3 nitrogen and oxygen atoms in total. The molecule has 0 bridgehead atoms. The summed E-state index contributed by atoms with van der Waals surface area (Å²) >= 11 is 1.66. The second-order valence-corrected chi connectivity index (χ2v) is 4.51. The standard InChI is InChI=1S/C11H12FN3S/c12-9-1-3-11(4-2-9)16-6-5-15-8-10(13)7-14-15/h1-4,7-8H,5-6,13H2. The highest BCUT2D eigenvalue weighted by Gasteiger charge is 1.97. The van der Waals surface area contributed by atoms with Gasteiger partial charge in [0.15, 0.2) is 0 Å². The fourth-order valence-corrected chi connectivity index (χ4v) is 2.13. The summed E-state index contributed by atoms with van der Waals surface area (Å²) in [6, 6.07) is 6.48. The monoisotopic (exact) mass is 237 g/mol. The van der Waals surface area contributed by atoms with Crippen LogP contribution in [-0.2, 0) is 6.54 Å². The molecule has 2 rings (SSSR count). The van der Waals surface area contributed by atoms with Crippen LogP contribution < -0.4 is 5.73 Å². The number of nitrogen functional groups attached to an aromatic ring is 1. The minimum Gasteiger partial charge on any atom is -0.396 e. The maximum absolute atomic E-state index is 12.6. The van der Waals surface area contributed by atoms with Crippen LogP contribution in [0, 0.1) is 5.82 Å². The zero-order valence-corrected chi connectivity index (χ0v) is 9.45. The van der Waals surface area contributed by atoms with Crippen LogP contribution in [0.4, 0.5) is 10.1 Å². The quantitative estimate of drug-likeness (QED) is 0.830. The molecule has 0 aliphatic heterocycles. The van der Waals surface area contributed by atoms with Gasteiger partial charge in [0.05, 0.1) is 18.4 Å². The Morgan fingerprint density at radius 1 is 1.31 bits per heavy atom. The maximum atomic E-state index is 12.6. The summed E-state index contributed by atoms with van der Waals surface area (Å²) in [4.78, 5) is 1.06. The molecule has 16 heavy (non-hydrogen) atoms. The maximum Gasteiger partial charge on any atom is 0.123 e. The lowest BCUT2D eigenvalue weighted by Gasteiger charge is -2.01. The summed E-state index contributed by atoms with van der Waals surface area (Å²) in [7, 11) is 0. The lowest BCUT2D eigenvalue weighted by Crippen LogP contribution is -2.00. The molecule has 0 aliphatic rings. The highest BCUT2D eigenvalue weighted by Crippen LogP contribution is 2.18. The Labute approximate surface area is 97.5 Å². The summed E-state index contributed by atoms with van der Waals surface area (Å²) in [5.41, 5.74) is 6.22. The Hall–Kier alpha value is -1.49. The van der Waals surface area contributed by atoms with Gasteiger partial charge in [0.2, 0.25) is 0 Å². The summed E-state index contributed by atoms with van der Waals surface area (Å²) in [5.74, 6) is 0.677. The summed E-state index contributed by atoms with van der Waals surface area (Å²) < 4.78 is 14.4. The number of nitrogens with two attached hydrogens (primary N) is 1. The van der Waals surface area contributed by atoms with E-state index in [0.717, 1.165) is 17.2 Å². The summed E-state index contributed by atoms with van der Waals surface area (Å²) in [6.07, 6.45) is 3.42. The molecule has 2 N–H and O–H groups in total. The van der Waals surface area contributed by atoms with Gasteiger partial charge in [-0.25, -0.2) is 4.39 Å². The second kappa shape index (κ2) is 5.03. The third-order valence-electron chi connectivity index (χ3n) is 2.06. The number of hydrogen-bond donors (Lipinski definition) is 1. The lowest BCUT2D eigenvalue weighted by atomic mass is 10.4. The third-order valence-corrected chi connectivity index (χ3v) is 3.05. The van der Waals surface area contributed by atoms with Crippen molar-refractivity contribution in [2.45, 2.75) is 11.4 Å². The molecule has 5 heteroatoms. The first-order valence-corrected chi connectivity index (χ1v) is 5.89. The largest absolute Gasteiger partial charge is 0.396 e. The van der Waals surface area contributed by atoms with Crippen molar-refractivity contribution in [1.82, 2.24) is 9.78 Å². The predicted molar refractivity (Wildman–Crippen MR) is 63.8 cm³/mol. The molecule has 1 aromatic carbocycles. The molecule has 2 aromatic rings. The van der Waals surface area contributed by atoms with Gasteiger partial charge in [-0.3, -0.25) is 4.68 Å². The van der Waals surface area contributed by atoms with Crippen molar-refractivity contribution < 1.29 is 4.39 Å². The number of aromatic nitrogens is 2. The number of nitrogens with zero attached hydrogens (tertiary/aromatic N) is 2. The van der Waals surface area contributed by atoms with Crippen LogP contribution in [0.25, 0.3) is 0 Å². The van der Waals surface area contributed by atoms with Gasteiger partial charge in [0.25, 0.3) is 0 Å². The van der Waals surface area contributed by atoms with E-state index in [0.29, 0.717) is 5.69 Å². The minimum atomic E-state index is -0.204. The van der Waals surface area contributed by atoms with Crippen molar-refractivity contribution in [3.63, 3.8) is 0 Å². The Balaban J connectivity index is 1.82. The predicted octanol–water partition coefficient (Wildman–Crippen LogP) is 2.40. The molecule has 0 spiro atoms. The van der Waals surface area contributed by atoms with Gasteiger partial charge >= 0.3 is 0 Å². The van der Waals surface area contributed by atoms with Crippen molar-refractivity contribution in [2.75, 3.05) is 11.5 Å². The van der Waals surface area contributed by atoms with Crippen LogP contribution in [0.5, 0.6) is 0 Å². The first-order chi connectivity index (χ1) is 7.74. The van der Waals surface area contributed by atoms with E-state index in [9.17, 15) is 4.39 Å². The van der Waals surface area contributed by atoms with Crippen molar-refractivity contribution >= 4 is 17.4 Å². The van der Waals surface area contributed by atoms with E-state index in [1.165, 1.54) is 12.1 Å². The van der Waals surface area contributed by atoms with Crippen molar-refractivity contribution in [2.24, 2.45) is 0 Å². The first kappa shape index (κ1) is 11.0. The van der Waals surface area contributed by atoms with Crippen molar-refractivity contribution in [3.05, 3.63) is 42.5 Å². The Bertz CT molecular complexity index is 453. The highest BCUT2D eigenvalue weighted by molar-refractivity contribution is 7.99. The molecular weight excluding hydrogens is 225 g/mol. The number of aryl methyl sites for hydroxylation is 1. The van der Waals surface area contributed by atoms with Gasteiger partial charge in [0, 0.05) is 16.8 Å². The molecule has 84 valence electrons. The van der Waals surface area contributed by atoms with Crippen LogP contribution in [0.2, 0.25) is 0 Å². The zero-order valence-electron chi connectivity index (χ0n) is 8.64. The Morgan fingerprint density at radius 2 is 2.06 bits per heavy atom. The van der Waals surface area contributed by atoms with Gasteiger partial charge in [0.1, 0.15) is 5.82 Å². The van der Waals surface area contributed by atoms with Crippen LogP contribution in [-0.4, -0.2) is 15.5 Å². The number of rotatable bonds is 4. The van der Waals surface area contributed by atoms with E-state index in [-0.39, 0.29) is 5.82 Å². The second-order valence-electron chi connectivity index (χ2n) is 3.34. The number of thioether (sulfide) groups is 1. The van der Waals surface area contributed by atoms with Crippen LogP contribution >= 0.6 is 11.8 Å².